The minimum atomic E-state index is -0.629. The number of hydrogen-bond acceptors (Lipinski definition) is 1. The lowest BCUT2D eigenvalue weighted by molar-refractivity contribution is 0.628. The van der Waals surface area contributed by atoms with Gasteiger partial charge >= 0.3 is 0 Å². The summed E-state index contributed by atoms with van der Waals surface area (Å²) in [5.41, 5.74) is 1.48. The van der Waals surface area contributed by atoms with Crippen LogP contribution in [-0.4, -0.2) is 0 Å². The van der Waals surface area contributed by atoms with E-state index >= 15 is 0 Å². The lowest BCUT2D eigenvalue weighted by Crippen LogP contribution is -2.07. The number of hydrogen-bond donors (Lipinski definition) is 1. The van der Waals surface area contributed by atoms with Gasteiger partial charge in [0.2, 0.25) is 0 Å². The van der Waals surface area contributed by atoms with Crippen LogP contribution >= 0.6 is 46.4 Å². The molecule has 0 aliphatic heterocycles. The Morgan fingerprint density at radius 1 is 0.950 bits per heavy atom. The van der Waals surface area contributed by atoms with Crippen LogP contribution in [0, 0.1) is 5.82 Å². The van der Waals surface area contributed by atoms with E-state index in [4.69, 9.17) is 46.4 Å². The maximum Gasteiger partial charge on any atom is 0.160 e. The van der Waals surface area contributed by atoms with Gasteiger partial charge in [-0.3, -0.25) is 0 Å². The van der Waals surface area contributed by atoms with Gasteiger partial charge in [0.15, 0.2) is 5.82 Å². The van der Waals surface area contributed by atoms with Crippen molar-refractivity contribution in [3.63, 3.8) is 0 Å². The van der Waals surface area contributed by atoms with Crippen LogP contribution in [-0.2, 0) is 0 Å². The second kappa shape index (κ2) is 6.40. The van der Waals surface area contributed by atoms with Gasteiger partial charge in [-0.15, -0.1) is 0 Å². The average Bonchev–Trinajstić information content (AvgIpc) is 2.35. The lowest BCUT2D eigenvalue weighted by atomic mass is 10.1. The SMILES string of the molecule is CC(Nc1cc(Cl)c(F)c(Cl)c1)c1ccc(Cl)cc1Cl. The summed E-state index contributed by atoms with van der Waals surface area (Å²) >= 11 is 23.5. The molecule has 1 nitrogen and oxygen atoms in total. The zero-order chi connectivity index (χ0) is 14.9. The fourth-order valence-electron chi connectivity index (χ4n) is 1.82. The van der Waals surface area contributed by atoms with E-state index < -0.39 is 5.82 Å². The Labute approximate surface area is 136 Å². The van der Waals surface area contributed by atoms with E-state index in [2.05, 4.69) is 5.32 Å². The van der Waals surface area contributed by atoms with Crippen molar-refractivity contribution in [1.29, 1.82) is 0 Å². The van der Waals surface area contributed by atoms with Crippen LogP contribution in [0.4, 0.5) is 10.1 Å². The summed E-state index contributed by atoms with van der Waals surface area (Å²) in [5, 5.41) is 4.22. The molecule has 0 spiro atoms. The molecule has 2 aromatic carbocycles. The molecule has 1 unspecified atom stereocenters. The molecule has 0 radical (unpaired) electrons. The summed E-state index contributed by atoms with van der Waals surface area (Å²) in [5.74, 6) is -0.629. The highest BCUT2D eigenvalue weighted by atomic mass is 35.5. The van der Waals surface area contributed by atoms with Gasteiger partial charge in [-0.25, -0.2) is 4.39 Å². The Hall–Kier alpha value is -0.670. The quantitative estimate of drug-likeness (QED) is 0.612. The highest BCUT2D eigenvalue weighted by Gasteiger charge is 2.13. The third-order valence-corrected chi connectivity index (χ3v) is 3.91. The molecule has 0 saturated carbocycles. The molecule has 2 aromatic rings. The number of benzene rings is 2. The fraction of sp³-hybridized carbons (Fsp3) is 0.143. The highest BCUT2D eigenvalue weighted by Crippen LogP contribution is 2.32. The zero-order valence-electron chi connectivity index (χ0n) is 10.4. The van der Waals surface area contributed by atoms with Crippen molar-refractivity contribution in [2.24, 2.45) is 0 Å². The first kappa shape index (κ1) is 15.7. The summed E-state index contributed by atoms with van der Waals surface area (Å²) in [7, 11) is 0. The monoisotopic (exact) mass is 351 g/mol. The first-order chi connectivity index (χ1) is 9.38. The molecule has 0 aliphatic rings. The molecule has 0 aliphatic carbocycles. The van der Waals surface area contributed by atoms with Crippen LogP contribution in [0.2, 0.25) is 20.1 Å². The van der Waals surface area contributed by atoms with E-state index in [1.54, 1.807) is 12.1 Å². The van der Waals surface area contributed by atoms with Crippen molar-refractivity contribution in [2.45, 2.75) is 13.0 Å². The van der Waals surface area contributed by atoms with Gasteiger partial charge < -0.3 is 5.32 Å². The third kappa shape index (κ3) is 3.50. The predicted molar refractivity (Wildman–Crippen MR) is 84.9 cm³/mol. The maximum atomic E-state index is 13.4. The molecule has 1 N–H and O–H groups in total. The van der Waals surface area contributed by atoms with Crippen molar-refractivity contribution < 1.29 is 4.39 Å². The van der Waals surface area contributed by atoms with E-state index in [0.29, 0.717) is 15.7 Å². The smallest absolute Gasteiger partial charge is 0.160 e. The van der Waals surface area contributed by atoms with Gasteiger partial charge in [-0.05, 0) is 36.8 Å². The molecule has 1 atom stereocenters. The van der Waals surface area contributed by atoms with E-state index in [9.17, 15) is 4.39 Å². The normalized spacial score (nSPS) is 12.3. The van der Waals surface area contributed by atoms with E-state index in [1.807, 2.05) is 13.0 Å². The zero-order valence-corrected chi connectivity index (χ0v) is 13.4. The number of halogens is 5. The largest absolute Gasteiger partial charge is 0.378 e. The molecular formula is C14H10Cl4FN. The van der Waals surface area contributed by atoms with Crippen molar-refractivity contribution in [3.8, 4) is 0 Å². The summed E-state index contributed by atoms with van der Waals surface area (Å²) in [6.07, 6.45) is 0. The molecular weight excluding hydrogens is 343 g/mol. The summed E-state index contributed by atoms with van der Waals surface area (Å²) in [6.45, 7) is 1.92. The van der Waals surface area contributed by atoms with Gasteiger partial charge in [0.1, 0.15) is 0 Å². The Morgan fingerprint density at radius 2 is 1.55 bits per heavy atom. The Morgan fingerprint density at radius 3 is 2.10 bits per heavy atom. The van der Waals surface area contributed by atoms with Crippen molar-refractivity contribution in [1.82, 2.24) is 0 Å². The number of rotatable bonds is 3. The standard InChI is InChI=1S/C14H10Cl4FN/c1-7(10-3-2-8(15)4-11(10)16)20-9-5-12(17)14(19)13(18)6-9/h2-7,20H,1H3. The maximum absolute atomic E-state index is 13.4. The van der Waals surface area contributed by atoms with Crippen molar-refractivity contribution >= 4 is 52.1 Å². The molecule has 0 amide bonds. The van der Waals surface area contributed by atoms with Crippen LogP contribution in [0.5, 0.6) is 0 Å². The first-order valence-electron chi connectivity index (χ1n) is 5.74. The molecule has 0 heterocycles. The third-order valence-electron chi connectivity index (χ3n) is 2.80. The number of anilines is 1. The molecule has 0 aromatic heterocycles. The topological polar surface area (TPSA) is 12.0 Å². The molecule has 106 valence electrons. The molecule has 2 rings (SSSR count). The molecule has 6 heteroatoms. The van der Waals surface area contributed by atoms with Gasteiger partial charge in [0.05, 0.1) is 10.0 Å². The Kier molecular flexibility index (Phi) is 5.03. The number of nitrogens with one attached hydrogen (secondary N) is 1. The van der Waals surface area contributed by atoms with Crippen molar-refractivity contribution in [3.05, 3.63) is 61.8 Å². The second-order valence-electron chi connectivity index (χ2n) is 4.29. The molecule has 0 bridgehead atoms. The summed E-state index contributed by atoms with van der Waals surface area (Å²) in [6, 6.07) is 8.09. The molecule has 0 fully saturated rings. The van der Waals surface area contributed by atoms with E-state index in [0.717, 1.165) is 5.56 Å². The van der Waals surface area contributed by atoms with E-state index in [1.165, 1.54) is 12.1 Å². The Balaban J connectivity index is 2.25. The molecule has 20 heavy (non-hydrogen) atoms. The van der Waals surface area contributed by atoms with Crippen LogP contribution in [0.3, 0.4) is 0 Å². The average molecular weight is 353 g/mol. The van der Waals surface area contributed by atoms with Gasteiger partial charge in [-0.1, -0.05) is 52.5 Å². The minimum Gasteiger partial charge on any atom is -0.378 e. The fourth-order valence-corrected chi connectivity index (χ4v) is 2.88. The summed E-state index contributed by atoms with van der Waals surface area (Å²) in [4.78, 5) is 0. The van der Waals surface area contributed by atoms with Crippen LogP contribution in [0.25, 0.3) is 0 Å². The summed E-state index contributed by atoms with van der Waals surface area (Å²) < 4.78 is 13.4. The van der Waals surface area contributed by atoms with Gasteiger partial charge in [-0.2, -0.15) is 0 Å². The van der Waals surface area contributed by atoms with Crippen LogP contribution in [0.15, 0.2) is 30.3 Å². The lowest BCUT2D eigenvalue weighted by Gasteiger charge is -2.18. The van der Waals surface area contributed by atoms with Gasteiger partial charge in [0.25, 0.3) is 0 Å². The minimum absolute atomic E-state index is 0.0330. The van der Waals surface area contributed by atoms with Gasteiger partial charge in [0, 0.05) is 21.8 Å². The second-order valence-corrected chi connectivity index (χ2v) is 5.94. The molecule has 0 saturated heterocycles. The Bertz CT molecular complexity index is 622. The first-order valence-corrected chi connectivity index (χ1v) is 7.25. The van der Waals surface area contributed by atoms with Crippen LogP contribution in [0.1, 0.15) is 18.5 Å². The van der Waals surface area contributed by atoms with Crippen LogP contribution < -0.4 is 5.32 Å². The van der Waals surface area contributed by atoms with Crippen molar-refractivity contribution in [2.75, 3.05) is 5.32 Å². The highest BCUT2D eigenvalue weighted by molar-refractivity contribution is 6.35. The van der Waals surface area contributed by atoms with E-state index in [-0.39, 0.29) is 16.1 Å². The predicted octanol–water partition coefficient (Wildman–Crippen LogP) is 6.61.